The average molecular weight is 346 g/mol. The number of aromatic amines is 1. The fourth-order valence-electron chi connectivity index (χ4n) is 3.10. The minimum Gasteiger partial charge on any atom is -0.389 e. The summed E-state index contributed by atoms with van der Waals surface area (Å²) in [6.07, 6.45) is 6.02. The van der Waals surface area contributed by atoms with Gasteiger partial charge in [-0.1, -0.05) is 12.1 Å². The maximum absolute atomic E-state index is 9.20. The SMILES string of the molecule is OCc1nc(-c2ccc3nc(-c4cccc5[nH]ccc45)cn3c2)cs1. The number of H-pyrrole nitrogens is 1. The summed E-state index contributed by atoms with van der Waals surface area (Å²) in [5.41, 5.74) is 5.93. The molecule has 6 heteroatoms. The molecule has 0 spiro atoms. The maximum Gasteiger partial charge on any atom is 0.137 e. The molecule has 0 saturated heterocycles. The second-order valence-electron chi connectivity index (χ2n) is 5.84. The normalized spacial score (nSPS) is 11.6. The zero-order valence-electron chi connectivity index (χ0n) is 13.2. The lowest BCUT2D eigenvalue weighted by Crippen LogP contribution is -1.86. The van der Waals surface area contributed by atoms with Gasteiger partial charge in [0.15, 0.2) is 0 Å². The first-order chi connectivity index (χ1) is 12.3. The third-order valence-corrected chi connectivity index (χ3v) is 5.14. The minimum atomic E-state index is -0.0250. The Kier molecular flexibility index (Phi) is 3.19. The van der Waals surface area contributed by atoms with Gasteiger partial charge in [-0.25, -0.2) is 9.97 Å². The van der Waals surface area contributed by atoms with E-state index in [4.69, 9.17) is 4.98 Å². The van der Waals surface area contributed by atoms with Gasteiger partial charge in [-0.15, -0.1) is 11.3 Å². The van der Waals surface area contributed by atoms with Crippen molar-refractivity contribution in [2.24, 2.45) is 0 Å². The molecule has 0 aliphatic heterocycles. The van der Waals surface area contributed by atoms with Crippen molar-refractivity contribution in [3.05, 3.63) is 65.4 Å². The Labute approximate surface area is 147 Å². The molecule has 25 heavy (non-hydrogen) atoms. The van der Waals surface area contributed by atoms with Gasteiger partial charge in [0, 0.05) is 46.0 Å². The lowest BCUT2D eigenvalue weighted by molar-refractivity contribution is 0.281. The molecule has 2 N–H and O–H groups in total. The third kappa shape index (κ3) is 2.34. The first-order valence-corrected chi connectivity index (χ1v) is 8.81. The molecule has 0 unspecified atom stereocenters. The van der Waals surface area contributed by atoms with E-state index in [9.17, 15) is 5.11 Å². The summed E-state index contributed by atoms with van der Waals surface area (Å²) in [6, 6.07) is 12.3. The summed E-state index contributed by atoms with van der Waals surface area (Å²) in [5, 5.41) is 13.0. The summed E-state index contributed by atoms with van der Waals surface area (Å²) >= 11 is 1.46. The average Bonchev–Trinajstić information content (AvgIpc) is 3.37. The zero-order chi connectivity index (χ0) is 16.8. The van der Waals surface area contributed by atoms with Crippen molar-refractivity contribution in [1.82, 2.24) is 19.4 Å². The fourth-order valence-corrected chi connectivity index (χ4v) is 3.76. The van der Waals surface area contributed by atoms with E-state index >= 15 is 0 Å². The molecule has 1 aromatic carbocycles. The van der Waals surface area contributed by atoms with Gasteiger partial charge >= 0.3 is 0 Å². The number of fused-ring (bicyclic) bond motifs is 2. The predicted octanol–water partition coefficient (Wildman–Crippen LogP) is 4.10. The van der Waals surface area contributed by atoms with Crippen LogP contribution in [0.15, 0.2) is 60.4 Å². The highest BCUT2D eigenvalue weighted by Gasteiger charge is 2.10. The summed E-state index contributed by atoms with van der Waals surface area (Å²) in [6.45, 7) is -0.0250. The van der Waals surface area contributed by atoms with Crippen LogP contribution in [-0.4, -0.2) is 24.5 Å². The first-order valence-electron chi connectivity index (χ1n) is 7.93. The molecule has 0 amide bonds. The Balaban J connectivity index is 1.63. The lowest BCUT2D eigenvalue weighted by atomic mass is 10.1. The van der Waals surface area contributed by atoms with Crippen LogP contribution < -0.4 is 0 Å². The lowest BCUT2D eigenvalue weighted by Gasteiger charge is -1.98. The summed E-state index contributed by atoms with van der Waals surface area (Å²) in [7, 11) is 0. The number of hydrogen-bond donors (Lipinski definition) is 2. The van der Waals surface area contributed by atoms with Crippen molar-refractivity contribution < 1.29 is 5.11 Å². The van der Waals surface area contributed by atoms with Gasteiger partial charge in [0.1, 0.15) is 10.7 Å². The molecular formula is C19H14N4OS. The van der Waals surface area contributed by atoms with Crippen LogP contribution in [-0.2, 0) is 6.61 Å². The van der Waals surface area contributed by atoms with Gasteiger partial charge in [-0.2, -0.15) is 0 Å². The topological polar surface area (TPSA) is 66.2 Å². The number of hydrogen-bond acceptors (Lipinski definition) is 4. The molecule has 122 valence electrons. The van der Waals surface area contributed by atoms with Crippen molar-refractivity contribution in [1.29, 1.82) is 0 Å². The highest BCUT2D eigenvalue weighted by molar-refractivity contribution is 7.09. The van der Waals surface area contributed by atoms with Crippen molar-refractivity contribution >= 4 is 27.9 Å². The number of thiazole rings is 1. The Morgan fingerprint density at radius 3 is 2.88 bits per heavy atom. The van der Waals surface area contributed by atoms with Crippen molar-refractivity contribution in [3.63, 3.8) is 0 Å². The first kappa shape index (κ1) is 14.4. The van der Waals surface area contributed by atoms with Crippen LogP contribution in [0.4, 0.5) is 0 Å². The number of nitrogens with one attached hydrogen (secondary N) is 1. The van der Waals surface area contributed by atoms with Crippen LogP contribution in [0, 0.1) is 0 Å². The molecule has 5 nitrogen and oxygen atoms in total. The van der Waals surface area contributed by atoms with Crippen molar-refractivity contribution in [2.45, 2.75) is 6.61 Å². The minimum absolute atomic E-state index is 0.0250. The number of imidazole rings is 1. The zero-order valence-corrected chi connectivity index (χ0v) is 14.0. The molecule has 0 bridgehead atoms. The molecular weight excluding hydrogens is 332 g/mol. The van der Waals surface area contributed by atoms with Crippen LogP contribution >= 0.6 is 11.3 Å². The molecule has 0 fully saturated rings. The highest BCUT2D eigenvalue weighted by atomic mass is 32.1. The van der Waals surface area contributed by atoms with E-state index in [2.05, 4.69) is 28.2 Å². The predicted molar refractivity (Wildman–Crippen MR) is 99.5 cm³/mol. The molecule has 0 atom stereocenters. The van der Waals surface area contributed by atoms with Gasteiger partial charge in [-0.3, -0.25) is 0 Å². The standard InChI is InChI=1S/C19H14N4OS/c24-10-19-22-17(11-25-19)12-4-5-18-21-16(9-23(18)8-12)13-2-1-3-15-14(13)6-7-20-15/h1-9,11,20,24H,10H2. The van der Waals surface area contributed by atoms with Gasteiger partial charge in [0.05, 0.1) is 18.0 Å². The van der Waals surface area contributed by atoms with E-state index in [0.717, 1.165) is 38.7 Å². The Bertz CT molecular complexity index is 1200. The number of pyridine rings is 1. The molecule has 5 aromatic rings. The molecule has 4 heterocycles. The van der Waals surface area contributed by atoms with Crippen LogP contribution in [0.1, 0.15) is 5.01 Å². The van der Waals surface area contributed by atoms with E-state index in [1.807, 2.05) is 46.6 Å². The molecule has 0 radical (unpaired) electrons. The summed E-state index contributed by atoms with van der Waals surface area (Å²) in [5.74, 6) is 0. The van der Waals surface area contributed by atoms with Gasteiger partial charge < -0.3 is 14.5 Å². The Morgan fingerprint density at radius 2 is 2.00 bits per heavy atom. The number of aliphatic hydroxyl groups is 1. The quantitative estimate of drug-likeness (QED) is 0.517. The van der Waals surface area contributed by atoms with Crippen LogP contribution in [0.2, 0.25) is 0 Å². The summed E-state index contributed by atoms with van der Waals surface area (Å²) in [4.78, 5) is 12.4. The second-order valence-corrected chi connectivity index (χ2v) is 6.78. The Morgan fingerprint density at radius 1 is 1.04 bits per heavy atom. The van der Waals surface area contributed by atoms with Gasteiger partial charge in [0.25, 0.3) is 0 Å². The van der Waals surface area contributed by atoms with Crippen LogP contribution in [0.3, 0.4) is 0 Å². The third-order valence-electron chi connectivity index (χ3n) is 4.30. The largest absolute Gasteiger partial charge is 0.389 e. The molecule has 5 rings (SSSR count). The number of rotatable bonds is 3. The maximum atomic E-state index is 9.20. The second kappa shape index (κ2) is 5.54. The highest BCUT2D eigenvalue weighted by Crippen LogP contribution is 2.29. The monoisotopic (exact) mass is 346 g/mol. The van der Waals surface area contributed by atoms with E-state index in [0.29, 0.717) is 0 Å². The van der Waals surface area contributed by atoms with E-state index < -0.39 is 0 Å². The Hall–Kier alpha value is -2.96. The summed E-state index contributed by atoms with van der Waals surface area (Å²) < 4.78 is 2.02. The van der Waals surface area contributed by atoms with E-state index in [1.54, 1.807) is 0 Å². The van der Waals surface area contributed by atoms with Crippen LogP contribution in [0.25, 0.3) is 39.1 Å². The fraction of sp³-hybridized carbons (Fsp3) is 0.0526. The molecule has 0 saturated carbocycles. The molecule has 0 aliphatic rings. The number of aliphatic hydroxyl groups excluding tert-OH is 1. The van der Waals surface area contributed by atoms with Gasteiger partial charge in [-0.05, 0) is 24.3 Å². The smallest absolute Gasteiger partial charge is 0.137 e. The van der Waals surface area contributed by atoms with E-state index in [-0.39, 0.29) is 6.61 Å². The number of benzene rings is 1. The van der Waals surface area contributed by atoms with E-state index in [1.165, 1.54) is 16.7 Å². The number of aromatic nitrogens is 4. The van der Waals surface area contributed by atoms with Gasteiger partial charge in [0.2, 0.25) is 0 Å². The van der Waals surface area contributed by atoms with Crippen molar-refractivity contribution in [3.8, 4) is 22.5 Å². The van der Waals surface area contributed by atoms with Crippen LogP contribution in [0.5, 0.6) is 0 Å². The van der Waals surface area contributed by atoms with Crippen molar-refractivity contribution in [2.75, 3.05) is 0 Å². The molecule has 0 aliphatic carbocycles. The molecule has 4 aromatic heterocycles. The number of nitrogens with zero attached hydrogens (tertiary/aromatic N) is 3.